The molecule has 2 aromatic carbocycles. The van der Waals surface area contributed by atoms with Crippen LogP contribution in [0.4, 0.5) is 5.69 Å². The van der Waals surface area contributed by atoms with Crippen molar-refractivity contribution >= 4 is 22.6 Å². The molecular formula is C19H17NO5. The van der Waals surface area contributed by atoms with Gasteiger partial charge in [0.25, 0.3) is 0 Å². The normalized spacial score (nSPS) is 10.5. The summed E-state index contributed by atoms with van der Waals surface area (Å²) in [4.78, 5) is 24.1. The molecule has 0 saturated heterocycles. The lowest BCUT2D eigenvalue weighted by Gasteiger charge is -2.10. The summed E-state index contributed by atoms with van der Waals surface area (Å²) in [5.74, 6) is 0.968. The molecule has 0 spiro atoms. The molecule has 0 aliphatic carbocycles. The van der Waals surface area contributed by atoms with Crippen molar-refractivity contribution in [3.8, 4) is 11.5 Å². The monoisotopic (exact) mass is 339 g/mol. The van der Waals surface area contributed by atoms with Crippen molar-refractivity contribution < 1.29 is 18.7 Å². The van der Waals surface area contributed by atoms with Gasteiger partial charge in [-0.15, -0.1) is 0 Å². The number of nitrogens with one attached hydrogen (secondary N) is 1. The van der Waals surface area contributed by atoms with Crippen molar-refractivity contribution in [1.29, 1.82) is 0 Å². The Bertz CT molecular complexity index is 977. The number of carbonyl (C=O) groups excluding carboxylic acids is 1. The van der Waals surface area contributed by atoms with Crippen LogP contribution in [-0.2, 0) is 11.2 Å². The first kappa shape index (κ1) is 16.6. The predicted octanol–water partition coefficient (Wildman–Crippen LogP) is 2.99. The standard InChI is InChI=1S/C19H17NO5/c1-23-17-5-3-12(9-18(17)24-2)10-19(22)20-13-4-6-16-14(11-13)15(21)7-8-25-16/h3-9,11H,10H2,1-2H3,(H,20,22). The summed E-state index contributed by atoms with van der Waals surface area (Å²) >= 11 is 0. The van der Waals surface area contributed by atoms with E-state index >= 15 is 0 Å². The van der Waals surface area contributed by atoms with E-state index in [1.165, 1.54) is 12.3 Å². The maximum atomic E-state index is 12.3. The number of hydrogen-bond donors (Lipinski definition) is 1. The summed E-state index contributed by atoms with van der Waals surface area (Å²) in [6.45, 7) is 0. The maximum absolute atomic E-state index is 12.3. The van der Waals surface area contributed by atoms with Gasteiger partial charge in [-0.3, -0.25) is 9.59 Å². The van der Waals surface area contributed by atoms with E-state index in [4.69, 9.17) is 13.9 Å². The summed E-state index contributed by atoms with van der Waals surface area (Å²) in [6, 6.07) is 11.6. The molecule has 0 unspecified atom stereocenters. The minimum absolute atomic E-state index is 0.155. The van der Waals surface area contributed by atoms with Crippen molar-refractivity contribution in [3.63, 3.8) is 0 Å². The van der Waals surface area contributed by atoms with Gasteiger partial charge in [0.15, 0.2) is 16.9 Å². The van der Waals surface area contributed by atoms with Gasteiger partial charge in [0.1, 0.15) is 5.58 Å². The third-order valence-corrected chi connectivity index (χ3v) is 3.76. The van der Waals surface area contributed by atoms with Gasteiger partial charge in [-0.05, 0) is 35.9 Å². The minimum Gasteiger partial charge on any atom is -0.493 e. The Balaban J connectivity index is 1.76. The summed E-state index contributed by atoms with van der Waals surface area (Å²) in [5, 5.41) is 3.21. The molecule has 0 aliphatic heterocycles. The van der Waals surface area contributed by atoms with Gasteiger partial charge in [-0.25, -0.2) is 0 Å². The number of hydrogen-bond acceptors (Lipinski definition) is 5. The highest BCUT2D eigenvalue weighted by Crippen LogP contribution is 2.27. The lowest BCUT2D eigenvalue weighted by Crippen LogP contribution is -2.14. The second-order valence-corrected chi connectivity index (χ2v) is 5.41. The first-order valence-corrected chi connectivity index (χ1v) is 7.63. The number of methoxy groups -OCH3 is 2. The van der Waals surface area contributed by atoms with Gasteiger partial charge in [0.2, 0.25) is 5.91 Å². The van der Waals surface area contributed by atoms with Crippen LogP contribution in [0.3, 0.4) is 0 Å². The summed E-state index contributed by atoms with van der Waals surface area (Å²) < 4.78 is 15.7. The van der Waals surface area contributed by atoms with E-state index in [1.54, 1.807) is 50.6 Å². The summed E-state index contributed by atoms with van der Waals surface area (Å²) in [5.41, 5.74) is 1.65. The second kappa shape index (κ2) is 7.09. The van der Waals surface area contributed by atoms with Gasteiger partial charge in [0.05, 0.1) is 32.3 Å². The molecular weight excluding hydrogens is 322 g/mol. The van der Waals surface area contributed by atoms with Crippen LogP contribution in [0, 0.1) is 0 Å². The highest BCUT2D eigenvalue weighted by molar-refractivity contribution is 5.94. The summed E-state index contributed by atoms with van der Waals surface area (Å²) in [6.07, 6.45) is 1.52. The molecule has 6 nitrogen and oxygen atoms in total. The van der Waals surface area contributed by atoms with Crippen LogP contribution in [0.2, 0.25) is 0 Å². The Morgan fingerprint density at radius 1 is 1.04 bits per heavy atom. The highest BCUT2D eigenvalue weighted by atomic mass is 16.5. The fourth-order valence-corrected chi connectivity index (χ4v) is 2.54. The SMILES string of the molecule is COc1ccc(CC(=O)Nc2ccc3occc(=O)c3c2)cc1OC. The molecule has 0 radical (unpaired) electrons. The molecule has 6 heteroatoms. The van der Waals surface area contributed by atoms with Crippen molar-refractivity contribution in [1.82, 2.24) is 0 Å². The highest BCUT2D eigenvalue weighted by Gasteiger charge is 2.10. The van der Waals surface area contributed by atoms with Gasteiger partial charge in [0, 0.05) is 11.8 Å². The molecule has 1 aromatic heterocycles. The van der Waals surface area contributed by atoms with Crippen molar-refractivity contribution in [3.05, 3.63) is 64.5 Å². The zero-order chi connectivity index (χ0) is 17.8. The van der Waals surface area contributed by atoms with Crippen molar-refractivity contribution in [2.24, 2.45) is 0 Å². The number of anilines is 1. The zero-order valence-corrected chi connectivity index (χ0v) is 13.9. The molecule has 3 rings (SSSR count). The Kier molecular flexibility index (Phi) is 4.70. The van der Waals surface area contributed by atoms with Crippen LogP contribution < -0.4 is 20.2 Å². The lowest BCUT2D eigenvalue weighted by molar-refractivity contribution is -0.115. The topological polar surface area (TPSA) is 77.8 Å². The number of amides is 1. The predicted molar refractivity (Wildman–Crippen MR) is 94.4 cm³/mol. The van der Waals surface area contributed by atoms with Crippen LogP contribution in [0.15, 0.2) is 57.9 Å². The van der Waals surface area contributed by atoms with Crippen LogP contribution in [0.25, 0.3) is 11.0 Å². The van der Waals surface area contributed by atoms with E-state index in [1.807, 2.05) is 0 Å². The van der Waals surface area contributed by atoms with E-state index in [9.17, 15) is 9.59 Å². The molecule has 3 aromatic rings. The average molecular weight is 339 g/mol. The Morgan fingerprint density at radius 2 is 1.84 bits per heavy atom. The molecule has 0 aliphatic rings. The number of rotatable bonds is 5. The van der Waals surface area contributed by atoms with Gasteiger partial charge in [-0.1, -0.05) is 6.07 Å². The molecule has 0 fully saturated rings. The van der Waals surface area contributed by atoms with Crippen molar-refractivity contribution in [2.45, 2.75) is 6.42 Å². The van der Waals surface area contributed by atoms with Crippen LogP contribution in [0.5, 0.6) is 11.5 Å². The molecule has 1 amide bonds. The first-order valence-electron chi connectivity index (χ1n) is 7.63. The quantitative estimate of drug-likeness (QED) is 0.773. The van der Waals surface area contributed by atoms with Gasteiger partial charge in [-0.2, -0.15) is 0 Å². The number of carbonyl (C=O) groups is 1. The Hall–Kier alpha value is -3.28. The number of fused-ring (bicyclic) bond motifs is 1. The smallest absolute Gasteiger partial charge is 0.228 e. The zero-order valence-electron chi connectivity index (χ0n) is 13.9. The fourth-order valence-electron chi connectivity index (χ4n) is 2.54. The van der Waals surface area contributed by atoms with E-state index in [0.717, 1.165) is 5.56 Å². The average Bonchev–Trinajstić information content (AvgIpc) is 2.62. The van der Waals surface area contributed by atoms with E-state index in [0.29, 0.717) is 28.2 Å². The van der Waals surface area contributed by atoms with Gasteiger partial charge < -0.3 is 19.2 Å². The molecule has 0 saturated carbocycles. The van der Waals surface area contributed by atoms with E-state index in [2.05, 4.69) is 5.32 Å². The van der Waals surface area contributed by atoms with E-state index < -0.39 is 0 Å². The van der Waals surface area contributed by atoms with Crippen LogP contribution >= 0.6 is 0 Å². The Morgan fingerprint density at radius 3 is 2.60 bits per heavy atom. The third kappa shape index (κ3) is 3.63. The maximum Gasteiger partial charge on any atom is 0.228 e. The minimum atomic E-state index is -0.202. The lowest BCUT2D eigenvalue weighted by atomic mass is 10.1. The second-order valence-electron chi connectivity index (χ2n) is 5.41. The van der Waals surface area contributed by atoms with Gasteiger partial charge >= 0.3 is 0 Å². The molecule has 0 atom stereocenters. The first-order chi connectivity index (χ1) is 12.1. The molecule has 128 valence electrons. The van der Waals surface area contributed by atoms with Crippen LogP contribution in [-0.4, -0.2) is 20.1 Å². The number of benzene rings is 2. The Labute approximate surface area is 144 Å². The fraction of sp³-hybridized carbons (Fsp3) is 0.158. The summed E-state index contributed by atoms with van der Waals surface area (Å²) in [7, 11) is 3.10. The van der Waals surface area contributed by atoms with Crippen molar-refractivity contribution in [2.75, 3.05) is 19.5 Å². The molecule has 1 heterocycles. The third-order valence-electron chi connectivity index (χ3n) is 3.76. The van der Waals surface area contributed by atoms with E-state index in [-0.39, 0.29) is 17.8 Å². The largest absolute Gasteiger partial charge is 0.493 e. The molecule has 0 bridgehead atoms. The van der Waals surface area contributed by atoms with Crippen LogP contribution in [0.1, 0.15) is 5.56 Å². The molecule has 1 N–H and O–H groups in total. The molecule has 25 heavy (non-hydrogen) atoms. The number of ether oxygens (including phenoxy) is 2.